The van der Waals surface area contributed by atoms with Gasteiger partial charge in [0.25, 0.3) is 0 Å². The Morgan fingerprint density at radius 1 is 1.37 bits per heavy atom. The van der Waals surface area contributed by atoms with Gasteiger partial charge in [0.2, 0.25) is 0 Å². The standard InChI is InChI=1S/C14H20ClN3S/c1-9(2)5-4-6-10(3)18-13-12(17-14(18)19)7-11(15)8-16-13/h7-10H,4-6H2,1-3H3,(H,17,19). The summed E-state index contributed by atoms with van der Waals surface area (Å²) in [5.41, 5.74) is 1.81. The van der Waals surface area contributed by atoms with Gasteiger partial charge in [-0.2, -0.15) is 0 Å². The van der Waals surface area contributed by atoms with E-state index in [1.54, 1.807) is 6.20 Å². The van der Waals surface area contributed by atoms with Gasteiger partial charge >= 0.3 is 0 Å². The molecule has 3 nitrogen and oxygen atoms in total. The summed E-state index contributed by atoms with van der Waals surface area (Å²) in [5, 5.41) is 0.628. The molecule has 0 aromatic carbocycles. The molecular formula is C14H20ClN3S. The lowest BCUT2D eigenvalue weighted by atomic mass is 10.0. The van der Waals surface area contributed by atoms with Gasteiger partial charge in [-0.25, -0.2) is 4.98 Å². The first kappa shape index (κ1) is 14.5. The first-order chi connectivity index (χ1) is 8.99. The molecule has 0 aliphatic carbocycles. The number of rotatable bonds is 5. The summed E-state index contributed by atoms with van der Waals surface area (Å²) in [6.45, 7) is 6.71. The third kappa shape index (κ3) is 3.37. The Morgan fingerprint density at radius 3 is 2.79 bits per heavy atom. The van der Waals surface area contributed by atoms with E-state index in [1.165, 1.54) is 12.8 Å². The zero-order chi connectivity index (χ0) is 14.0. The minimum atomic E-state index is 0.355. The molecule has 0 spiro atoms. The molecule has 2 rings (SSSR count). The molecule has 0 aliphatic rings. The summed E-state index contributed by atoms with van der Waals surface area (Å²) >= 11 is 11.4. The van der Waals surface area contributed by atoms with Gasteiger partial charge in [-0.1, -0.05) is 38.3 Å². The maximum atomic E-state index is 5.95. The number of aromatic nitrogens is 3. The summed E-state index contributed by atoms with van der Waals surface area (Å²) in [4.78, 5) is 7.58. The SMILES string of the molecule is CC(C)CCCC(C)n1c(=S)[nH]c2cc(Cl)cnc21. The van der Waals surface area contributed by atoms with Crippen molar-refractivity contribution in [2.75, 3.05) is 0 Å². The minimum absolute atomic E-state index is 0.355. The second-order valence-electron chi connectivity index (χ2n) is 5.50. The van der Waals surface area contributed by atoms with Crippen LogP contribution in [0.1, 0.15) is 46.1 Å². The van der Waals surface area contributed by atoms with Gasteiger partial charge in [-0.15, -0.1) is 0 Å². The number of aromatic amines is 1. The van der Waals surface area contributed by atoms with E-state index in [1.807, 2.05) is 6.07 Å². The van der Waals surface area contributed by atoms with E-state index >= 15 is 0 Å². The fraction of sp³-hybridized carbons (Fsp3) is 0.571. The normalized spacial score (nSPS) is 13.3. The van der Waals surface area contributed by atoms with Crippen LogP contribution in [0.15, 0.2) is 12.3 Å². The molecule has 19 heavy (non-hydrogen) atoms. The molecule has 0 amide bonds. The van der Waals surface area contributed by atoms with Gasteiger partial charge in [-0.3, -0.25) is 4.57 Å². The van der Waals surface area contributed by atoms with Crippen LogP contribution in [-0.4, -0.2) is 14.5 Å². The highest BCUT2D eigenvalue weighted by atomic mass is 35.5. The second kappa shape index (κ2) is 6.06. The summed E-state index contributed by atoms with van der Waals surface area (Å²) < 4.78 is 2.82. The molecule has 1 N–H and O–H groups in total. The van der Waals surface area contributed by atoms with Gasteiger partial charge in [0.15, 0.2) is 10.4 Å². The van der Waals surface area contributed by atoms with Crippen LogP contribution in [0.2, 0.25) is 5.02 Å². The highest BCUT2D eigenvalue weighted by molar-refractivity contribution is 7.71. The van der Waals surface area contributed by atoms with Crippen LogP contribution in [0.25, 0.3) is 11.2 Å². The van der Waals surface area contributed by atoms with E-state index in [2.05, 4.69) is 35.3 Å². The van der Waals surface area contributed by atoms with Crippen LogP contribution in [0.3, 0.4) is 0 Å². The molecule has 104 valence electrons. The van der Waals surface area contributed by atoms with Crippen molar-refractivity contribution >= 4 is 35.0 Å². The van der Waals surface area contributed by atoms with Gasteiger partial charge in [-0.05, 0) is 37.5 Å². The number of nitrogens with zero attached hydrogens (tertiary/aromatic N) is 2. The molecule has 0 aliphatic heterocycles. The fourth-order valence-electron chi connectivity index (χ4n) is 2.35. The number of pyridine rings is 1. The fourth-order valence-corrected chi connectivity index (χ4v) is 2.88. The van der Waals surface area contributed by atoms with Gasteiger partial charge in [0.05, 0.1) is 10.5 Å². The number of imidazole rings is 1. The minimum Gasteiger partial charge on any atom is -0.329 e. The van der Waals surface area contributed by atoms with Crippen molar-refractivity contribution in [2.24, 2.45) is 5.92 Å². The van der Waals surface area contributed by atoms with Crippen LogP contribution < -0.4 is 0 Å². The Kier molecular flexibility index (Phi) is 4.63. The summed E-state index contributed by atoms with van der Waals surface area (Å²) in [7, 11) is 0. The lowest BCUT2D eigenvalue weighted by Gasteiger charge is -2.14. The largest absolute Gasteiger partial charge is 0.329 e. The summed E-state index contributed by atoms with van der Waals surface area (Å²) in [6, 6.07) is 2.23. The first-order valence-corrected chi connectivity index (χ1v) is 7.53. The van der Waals surface area contributed by atoms with Crippen LogP contribution >= 0.6 is 23.8 Å². The average molecular weight is 298 g/mol. The number of hydrogen-bond donors (Lipinski definition) is 1. The van der Waals surface area contributed by atoms with Crippen molar-refractivity contribution in [3.8, 4) is 0 Å². The van der Waals surface area contributed by atoms with Crippen molar-refractivity contribution in [1.29, 1.82) is 0 Å². The predicted octanol–water partition coefficient (Wildman–Crippen LogP) is 5.13. The van der Waals surface area contributed by atoms with E-state index in [0.29, 0.717) is 11.1 Å². The smallest absolute Gasteiger partial charge is 0.179 e. The Labute approximate surface area is 124 Å². The maximum absolute atomic E-state index is 5.95. The van der Waals surface area contributed by atoms with Crippen molar-refractivity contribution in [3.05, 3.63) is 22.1 Å². The molecule has 2 heterocycles. The first-order valence-electron chi connectivity index (χ1n) is 6.74. The van der Waals surface area contributed by atoms with E-state index in [0.717, 1.165) is 28.3 Å². The molecule has 1 atom stereocenters. The Bertz CT molecular complexity index is 615. The quantitative estimate of drug-likeness (QED) is 0.776. The summed E-state index contributed by atoms with van der Waals surface area (Å²) in [6.07, 6.45) is 5.24. The number of halogens is 1. The Balaban J connectivity index is 2.24. The maximum Gasteiger partial charge on any atom is 0.179 e. The molecule has 0 fully saturated rings. The second-order valence-corrected chi connectivity index (χ2v) is 6.32. The van der Waals surface area contributed by atoms with Gasteiger partial charge in [0, 0.05) is 12.2 Å². The number of nitrogens with one attached hydrogen (secondary N) is 1. The molecule has 5 heteroatoms. The predicted molar refractivity (Wildman–Crippen MR) is 83.3 cm³/mol. The molecule has 0 saturated carbocycles. The molecule has 1 unspecified atom stereocenters. The van der Waals surface area contributed by atoms with Crippen molar-refractivity contribution in [3.63, 3.8) is 0 Å². The van der Waals surface area contributed by atoms with Crippen molar-refractivity contribution < 1.29 is 0 Å². The topological polar surface area (TPSA) is 33.6 Å². The number of H-pyrrole nitrogens is 1. The Morgan fingerprint density at radius 2 is 2.11 bits per heavy atom. The van der Waals surface area contributed by atoms with E-state index in [-0.39, 0.29) is 0 Å². The van der Waals surface area contributed by atoms with Gasteiger partial charge < -0.3 is 4.98 Å². The zero-order valence-electron chi connectivity index (χ0n) is 11.6. The van der Waals surface area contributed by atoms with E-state index in [9.17, 15) is 0 Å². The number of hydrogen-bond acceptors (Lipinski definition) is 2. The lowest BCUT2D eigenvalue weighted by Crippen LogP contribution is -2.06. The van der Waals surface area contributed by atoms with Crippen LogP contribution in [-0.2, 0) is 0 Å². The monoisotopic (exact) mass is 297 g/mol. The van der Waals surface area contributed by atoms with Gasteiger partial charge in [0.1, 0.15) is 0 Å². The summed E-state index contributed by atoms with van der Waals surface area (Å²) in [5.74, 6) is 0.750. The van der Waals surface area contributed by atoms with Crippen LogP contribution in [0.5, 0.6) is 0 Å². The lowest BCUT2D eigenvalue weighted by molar-refractivity contribution is 0.450. The van der Waals surface area contributed by atoms with Crippen molar-refractivity contribution in [2.45, 2.75) is 46.1 Å². The molecular weight excluding hydrogens is 278 g/mol. The molecule has 2 aromatic rings. The third-order valence-electron chi connectivity index (χ3n) is 3.37. The highest BCUT2D eigenvalue weighted by Gasteiger charge is 2.12. The molecule has 0 bridgehead atoms. The van der Waals surface area contributed by atoms with E-state index in [4.69, 9.17) is 23.8 Å². The molecule has 0 radical (unpaired) electrons. The molecule has 2 aromatic heterocycles. The third-order valence-corrected chi connectivity index (χ3v) is 3.87. The zero-order valence-corrected chi connectivity index (χ0v) is 13.2. The van der Waals surface area contributed by atoms with Crippen molar-refractivity contribution in [1.82, 2.24) is 14.5 Å². The average Bonchev–Trinajstić information content (AvgIpc) is 2.63. The number of fused-ring (bicyclic) bond motifs is 1. The molecule has 0 saturated heterocycles. The van der Waals surface area contributed by atoms with E-state index < -0.39 is 0 Å². The Hall–Kier alpha value is -0.870. The highest BCUT2D eigenvalue weighted by Crippen LogP contribution is 2.23. The van der Waals surface area contributed by atoms with Crippen LogP contribution in [0, 0.1) is 10.7 Å². The van der Waals surface area contributed by atoms with Crippen LogP contribution in [0.4, 0.5) is 0 Å².